The van der Waals surface area contributed by atoms with Crippen LogP contribution in [0, 0.1) is 0 Å². The second kappa shape index (κ2) is 12.4. The van der Waals surface area contributed by atoms with Gasteiger partial charge in [-0.3, -0.25) is 0 Å². The van der Waals surface area contributed by atoms with Crippen LogP contribution in [0.25, 0.3) is 0 Å². The summed E-state index contributed by atoms with van der Waals surface area (Å²) >= 11 is 8.30. The molecule has 1 aromatic carbocycles. The molecule has 0 aromatic heterocycles. The van der Waals surface area contributed by atoms with Crippen molar-refractivity contribution in [2.24, 2.45) is 0 Å². The zero-order valence-corrected chi connectivity index (χ0v) is 21.7. The van der Waals surface area contributed by atoms with Gasteiger partial charge in [0.05, 0.1) is 17.3 Å². The van der Waals surface area contributed by atoms with Gasteiger partial charge in [0.25, 0.3) is 0 Å². The summed E-state index contributed by atoms with van der Waals surface area (Å²) < 4.78 is 5.48. The fourth-order valence-electron chi connectivity index (χ4n) is 3.94. The number of hydrogen-bond donors (Lipinski definition) is 1. The summed E-state index contributed by atoms with van der Waals surface area (Å²) in [5, 5.41) is 12.7. The number of ether oxygens (including phenoxy) is 1. The second-order valence-electron chi connectivity index (χ2n) is 8.28. The molecule has 0 spiro atoms. The van der Waals surface area contributed by atoms with E-state index >= 15 is 0 Å². The summed E-state index contributed by atoms with van der Waals surface area (Å²) in [5.41, 5.74) is 1.32. The Hall–Kier alpha value is 0.120. The highest BCUT2D eigenvalue weighted by atomic mass is 32.2. The molecule has 3 rings (SSSR count). The number of methoxy groups -OCH3 is 1. The van der Waals surface area contributed by atoms with Crippen molar-refractivity contribution in [2.75, 3.05) is 24.4 Å². The first-order valence-corrected chi connectivity index (χ1v) is 15.0. The molecule has 2 fully saturated rings. The molecule has 0 radical (unpaired) electrons. The number of allylic oxidation sites excluding steroid dienone is 1. The lowest BCUT2D eigenvalue weighted by molar-refractivity contribution is 0.208. The third kappa shape index (κ3) is 7.33. The highest BCUT2D eigenvalue weighted by molar-refractivity contribution is 8.21. The van der Waals surface area contributed by atoms with Gasteiger partial charge in [-0.2, -0.15) is 23.5 Å². The molecule has 2 aliphatic rings. The Balaban J connectivity index is 1.54. The molecule has 5 atom stereocenters. The van der Waals surface area contributed by atoms with Gasteiger partial charge in [-0.25, -0.2) is 0 Å². The van der Waals surface area contributed by atoms with E-state index in [9.17, 15) is 5.11 Å². The lowest BCUT2D eigenvalue weighted by atomic mass is 10.1. The van der Waals surface area contributed by atoms with Crippen LogP contribution in [-0.4, -0.2) is 51.3 Å². The third-order valence-electron chi connectivity index (χ3n) is 5.62. The van der Waals surface area contributed by atoms with Crippen LogP contribution in [0.2, 0.25) is 0 Å². The molecule has 2 aliphatic heterocycles. The SMILES string of the molecule is COc1cccc(C2(CC=CC(O)CCC3CCCSC(C)CS3)SCC(C)S2)c1. The van der Waals surface area contributed by atoms with E-state index < -0.39 is 0 Å². The van der Waals surface area contributed by atoms with Crippen molar-refractivity contribution in [2.45, 2.75) is 71.9 Å². The predicted molar refractivity (Wildman–Crippen MR) is 141 cm³/mol. The monoisotopic (exact) mass is 484 g/mol. The summed E-state index contributed by atoms with van der Waals surface area (Å²) in [6.45, 7) is 4.65. The van der Waals surface area contributed by atoms with Gasteiger partial charge in [-0.1, -0.05) is 38.1 Å². The summed E-state index contributed by atoms with van der Waals surface area (Å²) in [4.78, 5) is 0. The predicted octanol–water partition coefficient (Wildman–Crippen LogP) is 6.82. The summed E-state index contributed by atoms with van der Waals surface area (Å²) in [5.74, 6) is 4.62. The van der Waals surface area contributed by atoms with Crippen molar-refractivity contribution in [1.29, 1.82) is 0 Å². The van der Waals surface area contributed by atoms with E-state index in [1.54, 1.807) is 7.11 Å². The number of rotatable bonds is 8. The molecule has 0 saturated carbocycles. The minimum absolute atomic E-state index is 0.0212. The third-order valence-corrected chi connectivity index (χ3v) is 12.5. The maximum Gasteiger partial charge on any atom is 0.119 e. The maximum absolute atomic E-state index is 10.6. The fourth-order valence-corrected chi connectivity index (χ4v) is 10.0. The highest BCUT2D eigenvalue weighted by Gasteiger charge is 2.40. The lowest BCUT2D eigenvalue weighted by Gasteiger charge is -2.27. The molecule has 2 saturated heterocycles. The van der Waals surface area contributed by atoms with E-state index in [-0.39, 0.29) is 10.2 Å². The Morgan fingerprint density at radius 3 is 2.87 bits per heavy atom. The van der Waals surface area contributed by atoms with Gasteiger partial charge >= 0.3 is 0 Å². The van der Waals surface area contributed by atoms with E-state index in [2.05, 4.69) is 61.6 Å². The Morgan fingerprint density at radius 1 is 1.23 bits per heavy atom. The molecule has 2 heterocycles. The molecule has 1 N–H and O–H groups in total. The van der Waals surface area contributed by atoms with Crippen LogP contribution in [0.15, 0.2) is 36.4 Å². The van der Waals surface area contributed by atoms with E-state index in [1.807, 2.05) is 35.7 Å². The Bertz CT molecular complexity index is 683. The molecular weight excluding hydrogens is 449 g/mol. The molecular formula is C24H36O2S4. The number of benzene rings is 1. The summed E-state index contributed by atoms with van der Waals surface area (Å²) in [7, 11) is 1.73. The molecule has 5 unspecified atom stereocenters. The van der Waals surface area contributed by atoms with Crippen molar-refractivity contribution in [3.05, 3.63) is 42.0 Å². The molecule has 2 nitrogen and oxygen atoms in total. The van der Waals surface area contributed by atoms with Crippen LogP contribution in [0.3, 0.4) is 0 Å². The average molecular weight is 485 g/mol. The zero-order valence-electron chi connectivity index (χ0n) is 18.4. The first-order valence-electron chi connectivity index (χ1n) is 11.0. The van der Waals surface area contributed by atoms with Gasteiger partial charge in [-0.15, -0.1) is 23.5 Å². The largest absolute Gasteiger partial charge is 0.497 e. The van der Waals surface area contributed by atoms with E-state index in [1.165, 1.54) is 29.9 Å². The second-order valence-corrected chi connectivity index (χ2v) is 14.5. The standard InChI is InChI=1S/C24H36O2S4/c1-18-16-28-23(10-6-14-27-18)12-11-21(25)8-5-13-24(29-17-19(2)30-24)20-7-4-9-22(15-20)26-3/h4-5,7-9,15,18-19,21,23,25H,6,10-14,16-17H2,1-3H3. The molecule has 168 valence electrons. The van der Waals surface area contributed by atoms with Gasteiger partial charge in [-0.05, 0) is 55.6 Å². The van der Waals surface area contributed by atoms with Crippen LogP contribution >= 0.6 is 47.0 Å². The number of thioether (sulfide) groups is 4. The van der Waals surface area contributed by atoms with E-state index in [0.717, 1.165) is 36.0 Å². The number of aliphatic hydroxyl groups excluding tert-OH is 1. The van der Waals surface area contributed by atoms with Crippen molar-refractivity contribution in [3.63, 3.8) is 0 Å². The Morgan fingerprint density at radius 2 is 2.10 bits per heavy atom. The van der Waals surface area contributed by atoms with Crippen LogP contribution in [0.4, 0.5) is 0 Å². The smallest absolute Gasteiger partial charge is 0.119 e. The Labute approximate surface area is 200 Å². The van der Waals surface area contributed by atoms with Crippen molar-refractivity contribution in [1.82, 2.24) is 0 Å². The van der Waals surface area contributed by atoms with Gasteiger partial charge < -0.3 is 9.84 Å². The van der Waals surface area contributed by atoms with Gasteiger partial charge in [0.2, 0.25) is 0 Å². The molecule has 30 heavy (non-hydrogen) atoms. The fraction of sp³-hybridized carbons (Fsp3) is 0.667. The normalized spacial score (nSPS) is 31.4. The van der Waals surface area contributed by atoms with Crippen LogP contribution in [0.1, 0.15) is 51.5 Å². The van der Waals surface area contributed by atoms with Crippen LogP contribution in [-0.2, 0) is 4.08 Å². The summed E-state index contributed by atoms with van der Waals surface area (Å²) in [6, 6.07) is 8.49. The van der Waals surface area contributed by atoms with Gasteiger partial charge in [0.1, 0.15) is 5.75 Å². The number of aliphatic hydroxyl groups is 1. The average Bonchev–Trinajstić information content (AvgIpc) is 3.12. The van der Waals surface area contributed by atoms with Crippen molar-refractivity contribution >= 4 is 47.0 Å². The quantitative estimate of drug-likeness (QED) is 0.407. The Kier molecular flexibility index (Phi) is 10.2. The number of hydrogen-bond acceptors (Lipinski definition) is 6. The minimum Gasteiger partial charge on any atom is -0.497 e. The highest BCUT2D eigenvalue weighted by Crippen LogP contribution is 2.57. The lowest BCUT2D eigenvalue weighted by Crippen LogP contribution is -2.16. The first-order chi connectivity index (χ1) is 14.5. The molecule has 0 bridgehead atoms. The minimum atomic E-state index is -0.334. The van der Waals surface area contributed by atoms with E-state index in [4.69, 9.17) is 4.74 Å². The first kappa shape index (κ1) is 24.8. The summed E-state index contributed by atoms with van der Waals surface area (Å²) in [6.07, 6.45) is 9.46. The molecule has 1 aromatic rings. The van der Waals surface area contributed by atoms with Crippen LogP contribution < -0.4 is 4.74 Å². The zero-order chi connectivity index (χ0) is 21.4. The molecule has 0 aliphatic carbocycles. The van der Waals surface area contributed by atoms with Gasteiger partial charge in [0, 0.05) is 27.3 Å². The topological polar surface area (TPSA) is 29.5 Å². The molecule has 0 amide bonds. The van der Waals surface area contributed by atoms with Crippen molar-refractivity contribution in [3.8, 4) is 5.75 Å². The van der Waals surface area contributed by atoms with E-state index in [0.29, 0.717) is 10.5 Å². The van der Waals surface area contributed by atoms with Crippen molar-refractivity contribution < 1.29 is 9.84 Å². The van der Waals surface area contributed by atoms with Gasteiger partial charge in [0.15, 0.2) is 0 Å². The molecule has 6 heteroatoms. The maximum atomic E-state index is 10.6. The van der Waals surface area contributed by atoms with Crippen LogP contribution in [0.5, 0.6) is 5.75 Å².